The third-order valence-corrected chi connectivity index (χ3v) is 5.09. The number of para-hydroxylation sites is 1. The lowest BCUT2D eigenvalue weighted by atomic mass is 10.0. The van der Waals surface area contributed by atoms with Crippen LogP contribution in [0, 0.1) is 5.92 Å². The van der Waals surface area contributed by atoms with E-state index in [4.69, 9.17) is 9.47 Å². The van der Waals surface area contributed by atoms with Crippen molar-refractivity contribution in [2.75, 3.05) is 26.0 Å². The van der Waals surface area contributed by atoms with Gasteiger partial charge in [0.2, 0.25) is 10.0 Å². The average molecular weight is 354 g/mol. The molecule has 1 aliphatic heterocycles. The van der Waals surface area contributed by atoms with Gasteiger partial charge in [0.25, 0.3) is 5.91 Å². The van der Waals surface area contributed by atoms with Gasteiger partial charge in [0.1, 0.15) is 13.2 Å². The molecule has 24 heavy (non-hydrogen) atoms. The smallest absolute Gasteiger partial charge is 0.255 e. The highest BCUT2D eigenvalue weighted by Crippen LogP contribution is 2.33. The molecule has 0 aromatic heterocycles. The van der Waals surface area contributed by atoms with Crippen LogP contribution in [-0.4, -0.2) is 46.4 Å². The molecule has 1 aromatic carbocycles. The van der Waals surface area contributed by atoms with Crippen LogP contribution < -0.4 is 19.5 Å². The number of hydrogen-bond donors (Lipinski definition) is 2. The summed E-state index contributed by atoms with van der Waals surface area (Å²) in [5.41, 5.74) is 0.442. The molecule has 1 fully saturated rings. The summed E-state index contributed by atoms with van der Waals surface area (Å²) in [5.74, 6) is 0.910. The monoisotopic (exact) mass is 354 g/mol. The number of carbonyl (C=O) groups is 1. The molecule has 1 aromatic rings. The zero-order chi connectivity index (χ0) is 17.2. The zero-order valence-electron chi connectivity index (χ0n) is 13.6. The first kappa shape index (κ1) is 17.0. The fourth-order valence-corrected chi connectivity index (χ4v) is 4.14. The standard InChI is InChI=1S/C16H22N2O5S/c1-24(20,21)18-13-6-2-4-11(13)10-17-16(19)12-5-3-7-14-15(12)23-9-8-22-14/h3,5,7,11,13,18H,2,4,6,8-10H2,1H3,(H,17,19). The number of hydrogen-bond acceptors (Lipinski definition) is 5. The van der Waals surface area contributed by atoms with E-state index >= 15 is 0 Å². The van der Waals surface area contributed by atoms with E-state index in [-0.39, 0.29) is 17.9 Å². The molecule has 1 saturated carbocycles. The summed E-state index contributed by atoms with van der Waals surface area (Å²) in [6.07, 6.45) is 3.80. The Morgan fingerprint density at radius 2 is 2.04 bits per heavy atom. The molecular weight excluding hydrogens is 332 g/mol. The van der Waals surface area contributed by atoms with Crippen LogP contribution in [0.25, 0.3) is 0 Å². The van der Waals surface area contributed by atoms with E-state index in [1.807, 2.05) is 0 Å². The van der Waals surface area contributed by atoms with Gasteiger partial charge in [-0.25, -0.2) is 13.1 Å². The molecule has 8 heteroatoms. The summed E-state index contributed by atoms with van der Waals surface area (Å²) >= 11 is 0. The normalized spacial score (nSPS) is 23.0. The summed E-state index contributed by atoms with van der Waals surface area (Å²) in [6.45, 7) is 1.32. The molecule has 0 radical (unpaired) electrons. The predicted octanol–water partition coefficient (Wildman–Crippen LogP) is 0.905. The van der Waals surface area contributed by atoms with E-state index in [0.29, 0.717) is 36.8 Å². The van der Waals surface area contributed by atoms with Crippen molar-refractivity contribution < 1.29 is 22.7 Å². The molecule has 2 unspecified atom stereocenters. The maximum atomic E-state index is 12.5. The number of ether oxygens (including phenoxy) is 2. The Labute approximate surface area is 141 Å². The minimum absolute atomic E-state index is 0.0976. The minimum atomic E-state index is -3.24. The fourth-order valence-electron chi connectivity index (χ4n) is 3.28. The van der Waals surface area contributed by atoms with Crippen LogP contribution in [0.4, 0.5) is 0 Å². The van der Waals surface area contributed by atoms with Crippen molar-refractivity contribution in [3.63, 3.8) is 0 Å². The lowest BCUT2D eigenvalue weighted by Crippen LogP contribution is -2.41. The molecule has 1 aliphatic carbocycles. The first-order valence-corrected chi connectivity index (χ1v) is 9.97. The quantitative estimate of drug-likeness (QED) is 0.820. The molecule has 1 heterocycles. The summed E-state index contributed by atoms with van der Waals surface area (Å²) < 4.78 is 36.5. The summed E-state index contributed by atoms with van der Waals surface area (Å²) in [4.78, 5) is 12.5. The molecule has 0 saturated heterocycles. The molecule has 0 spiro atoms. The van der Waals surface area contributed by atoms with Crippen LogP contribution in [0.3, 0.4) is 0 Å². The van der Waals surface area contributed by atoms with Gasteiger partial charge in [-0.15, -0.1) is 0 Å². The van der Waals surface area contributed by atoms with Crippen molar-refractivity contribution in [3.8, 4) is 11.5 Å². The highest BCUT2D eigenvalue weighted by molar-refractivity contribution is 7.88. The van der Waals surface area contributed by atoms with Gasteiger partial charge >= 0.3 is 0 Å². The third-order valence-electron chi connectivity index (χ3n) is 4.36. The summed E-state index contributed by atoms with van der Waals surface area (Å²) in [6, 6.07) is 5.11. The Bertz CT molecular complexity index is 719. The van der Waals surface area contributed by atoms with Crippen molar-refractivity contribution in [2.45, 2.75) is 25.3 Å². The number of carbonyl (C=O) groups excluding carboxylic acids is 1. The van der Waals surface area contributed by atoms with Crippen molar-refractivity contribution >= 4 is 15.9 Å². The fraction of sp³-hybridized carbons (Fsp3) is 0.562. The lowest BCUT2D eigenvalue weighted by Gasteiger charge is -2.22. The Morgan fingerprint density at radius 3 is 2.83 bits per heavy atom. The molecule has 132 valence electrons. The van der Waals surface area contributed by atoms with Crippen molar-refractivity contribution in [3.05, 3.63) is 23.8 Å². The zero-order valence-corrected chi connectivity index (χ0v) is 14.4. The summed E-state index contributed by atoms with van der Waals surface area (Å²) in [5, 5.41) is 2.90. The number of rotatable bonds is 5. The van der Waals surface area contributed by atoms with E-state index in [1.54, 1.807) is 18.2 Å². The molecule has 2 aliphatic rings. The van der Waals surface area contributed by atoms with Crippen LogP contribution in [-0.2, 0) is 10.0 Å². The van der Waals surface area contributed by atoms with Crippen LogP contribution >= 0.6 is 0 Å². The Balaban J connectivity index is 1.64. The highest BCUT2D eigenvalue weighted by atomic mass is 32.2. The molecule has 7 nitrogen and oxygen atoms in total. The Morgan fingerprint density at radius 1 is 1.25 bits per heavy atom. The van der Waals surface area contributed by atoms with E-state index in [1.165, 1.54) is 0 Å². The van der Waals surface area contributed by atoms with E-state index in [2.05, 4.69) is 10.0 Å². The third kappa shape index (κ3) is 3.99. The Kier molecular flexibility index (Phi) is 4.96. The predicted molar refractivity (Wildman–Crippen MR) is 88.9 cm³/mol. The van der Waals surface area contributed by atoms with Crippen LogP contribution in [0.2, 0.25) is 0 Å². The number of nitrogens with one attached hydrogen (secondary N) is 2. The maximum Gasteiger partial charge on any atom is 0.255 e. The van der Waals surface area contributed by atoms with E-state index in [0.717, 1.165) is 25.5 Å². The van der Waals surface area contributed by atoms with Crippen LogP contribution in [0.5, 0.6) is 11.5 Å². The van der Waals surface area contributed by atoms with Gasteiger partial charge in [0, 0.05) is 12.6 Å². The van der Waals surface area contributed by atoms with Crippen molar-refractivity contribution in [2.24, 2.45) is 5.92 Å². The van der Waals surface area contributed by atoms with Crippen molar-refractivity contribution in [1.82, 2.24) is 10.0 Å². The Hall–Kier alpha value is -1.80. The summed E-state index contributed by atoms with van der Waals surface area (Å²) in [7, 11) is -3.24. The molecule has 1 amide bonds. The number of fused-ring (bicyclic) bond motifs is 1. The van der Waals surface area contributed by atoms with Gasteiger partial charge in [0.15, 0.2) is 11.5 Å². The number of benzene rings is 1. The number of sulfonamides is 1. The highest BCUT2D eigenvalue weighted by Gasteiger charge is 2.30. The molecule has 2 atom stereocenters. The maximum absolute atomic E-state index is 12.5. The SMILES string of the molecule is CS(=O)(=O)NC1CCCC1CNC(=O)c1cccc2c1OCCO2. The molecular formula is C16H22N2O5S. The second kappa shape index (κ2) is 6.98. The van der Waals surface area contributed by atoms with E-state index in [9.17, 15) is 13.2 Å². The van der Waals surface area contributed by atoms with Gasteiger partial charge in [-0.2, -0.15) is 0 Å². The lowest BCUT2D eigenvalue weighted by molar-refractivity contribution is 0.0935. The average Bonchev–Trinajstić information content (AvgIpc) is 2.97. The second-order valence-electron chi connectivity index (χ2n) is 6.23. The topological polar surface area (TPSA) is 93.7 Å². The second-order valence-corrected chi connectivity index (χ2v) is 8.01. The number of amides is 1. The van der Waals surface area contributed by atoms with Gasteiger partial charge in [-0.05, 0) is 30.9 Å². The molecule has 2 N–H and O–H groups in total. The van der Waals surface area contributed by atoms with Crippen molar-refractivity contribution in [1.29, 1.82) is 0 Å². The first-order chi connectivity index (χ1) is 11.4. The van der Waals surface area contributed by atoms with Crippen LogP contribution in [0.15, 0.2) is 18.2 Å². The van der Waals surface area contributed by atoms with Gasteiger partial charge in [0.05, 0.1) is 11.8 Å². The van der Waals surface area contributed by atoms with Gasteiger partial charge in [-0.1, -0.05) is 12.5 Å². The molecule has 0 bridgehead atoms. The largest absolute Gasteiger partial charge is 0.486 e. The first-order valence-electron chi connectivity index (χ1n) is 8.08. The molecule has 3 rings (SSSR count). The van der Waals surface area contributed by atoms with Crippen LogP contribution in [0.1, 0.15) is 29.6 Å². The van der Waals surface area contributed by atoms with Gasteiger partial charge in [-0.3, -0.25) is 4.79 Å². The minimum Gasteiger partial charge on any atom is -0.486 e. The van der Waals surface area contributed by atoms with E-state index < -0.39 is 10.0 Å². The van der Waals surface area contributed by atoms with Gasteiger partial charge < -0.3 is 14.8 Å².